The van der Waals surface area contributed by atoms with Gasteiger partial charge in [0.25, 0.3) is 0 Å². The van der Waals surface area contributed by atoms with Gasteiger partial charge in [0.05, 0.1) is 34.5 Å². The summed E-state index contributed by atoms with van der Waals surface area (Å²) in [5.74, 6) is -4.19. The fourth-order valence-corrected chi connectivity index (χ4v) is 8.55. The number of phenolic OH excluding ortho intramolecular Hbond substituents is 1. The van der Waals surface area contributed by atoms with Crippen LogP contribution in [-0.4, -0.2) is 28.7 Å². The standard InChI is InChI=1S/C36H31IN2O5/c1-3-8-20-9-7-12-26(31(20)40)30-24-17-18-25-29(34(43)38(32(25)41)23-15-13-21(37)14-16-23)27(24)19-28-33(42)39(35(44)36(28,30)2)22-10-5-4-6-11-22/h3-7,9-17,25,27-30,40H,1,8,18-19H2,2H3/t25-,27+,28-,29-,30+,36+/m0/s1. The van der Waals surface area contributed by atoms with Gasteiger partial charge in [-0.15, -0.1) is 6.58 Å². The molecule has 1 N–H and O–H groups in total. The summed E-state index contributed by atoms with van der Waals surface area (Å²) in [6, 6.07) is 21.7. The van der Waals surface area contributed by atoms with Crippen LogP contribution < -0.4 is 9.80 Å². The van der Waals surface area contributed by atoms with E-state index in [0.717, 1.165) is 9.14 Å². The number of imide groups is 2. The van der Waals surface area contributed by atoms with Crippen LogP contribution in [0, 0.1) is 32.7 Å². The number of nitrogens with zero attached hydrogens (tertiary/aromatic N) is 2. The Balaban J connectivity index is 1.39. The molecule has 0 spiro atoms. The van der Waals surface area contributed by atoms with E-state index in [0.29, 0.717) is 35.3 Å². The number of carbonyl (C=O) groups excluding carboxylic acids is 4. The van der Waals surface area contributed by atoms with E-state index >= 15 is 0 Å². The summed E-state index contributed by atoms with van der Waals surface area (Å²) < 4.78 is 0.993. The average molecular weight is 699 g/mol. The predicted molar refractivity (Wildman–Crippen MR) is 175 cm³/mol. The molecular weight excluding hydrogens is 667 g/mol. The minimum atomic E-state index is -1.21. The van der Waals surface area contributed by atoms with Crippen LogP contribution in [-0.2, 0) is 25.6 Å². The number of benzene rings is 3. The summed E-state index contributed by atoms with van der Waals surface area (Å²) in [7, 11) is 0. The van der Waals surface area contributed by atoms with Crippen molar-refractivity contribution in [3.8, 4) is 5.75 Å². The first-order valence-corrected chi connectivity index (χ1v) is 15.9. The second kappa shape index (κ2) is 10.5. The van der Waals surface area contributed by atoms with Crippen LogP contribution in [0.5, 0.6) is 5.75 Å². The lowest BCUT2D eigenvalue weighted by Gasteiger charge is -2.49. The minimum absolute atomic E-state index is 0.0637. The first kappa shape index (κ1) is 28.7. The smallest absolute Gasteiger partial charge is 0.241 e. The molecule has 7 nitrogen and oxygen atoms in total. The third-order valence-corrected chi connectivity index (χ3v) is 10.9. The van der Waals surface area contributed by atoms with E-state index in [2.05, 4.69) is 29.2 Å². The van der Waals surface area contributed by atoms with Crippen LogP contribution in [0.1, 0.15) is 36.8 Å². The van der Waals surface area contributed by atoms with E-state index in [1.807, 2.05) is 49.4 Å². The molecule has 0 unspecified atom stereocenters. The molecule has 3 aromatic carbocycles. The predicted octanol–water partition coefficient (Wildman–Crippen LogP) is 6.16. The van der Waals surface area contributed by atoms with Crippen molar-refractivity contribution in [3.05, 3.63) is 112 Å². The Hall–Kier alpha value is -4.05. The molecule has 4 aliphatic rings. The lowest BCUT2D eigenvalue weighted by molar-refractivity contribution is -0.131. The molecule has 7 rings (SSSR count). The monoisotopic (exact) mass is 698 g/mol. The van der Waals surface area contributed by atoms with Crippen molar-refractivity contribution in [1.82, 2.24) is 0 Å². The molecular formula is C36H31IN2O5. The SMILES string of the molecule is C=CCc1cccc([C@H]2C3=CC[C@@H]4C(=O)N(c5ccc(I)cc5)C(=O)[C@@H]4[C@@H]3C[C@H]3C(=O)N(c4ccccc4)C(=O)[C@@]23C)c1O. The zero-order valence-corrected chi connectivity index (χ0v) is 26.3. The van der Waals surface area contributed by atoms with E-state index in [1.54, 1.807) is 42.5 Å². The molecule has 3 aromatic rings. The molecule has 0 radical (unpaired) electrons. The van der Waals surface area contributed by atoms with E-state index in [9.17, 15) is 24.3 Å². The molecule has 2 saturated heterocycles. The van der Waals surface area contributed by atoms with Gasteiger partial charge in [-0.3, -0.25) is 24.1 Å². The molecule has 222 valence electrons. The van der Waals surface area contributed by atoms with Gasteiger partial charge in [0.1, 0.15) is 5.75 Å². The van der Waals surface area contributed by atoms with E-state index in [1.165, 1.54) is 9.80 Å². The summed E-state index contributed by atoms with van der Waals surface area (Å²) in [5.41, 5.74) is 1.88. The van der Waals surface area contributed by atoms with E-state index < -0.39 is 35.0 Å². The van der Waals surface area contributed by atoms with Gasteiger partial charge in [-0.25, -0.2) is 4.90 Å². The third kappa shape index (κ3) is 3.99. The van der Waals surface area contributed by atoms with Gasteiger partial charge in [-0.2, -0.15) is 0 Å². The number of amides is 4. The zero-order chi connectivity index (χ0) is 30.9. The van der Waals surface area contributed by atoms with Crippen LogP contribution in [0.4, 0.5) is 11.4 Å². The second-order valence-electron chi connectivity index (χ2n) is 12.3. The number of para-hydroxylation sites is 2. The van der Waals surface area contributed by atoms with Crippen molar-refractivity contribution < 1.29 is 24.3 Å². The number of allylic oxidation sites excluding steroid dienone is 3. The molecule has 2 heterocycles. The highest BCUT2D eigenvalue weighted by Gasteiger charge is 2.68. The number of anilines is 2. The van der Waals surface area contributed by atoms with Gasteiger partial charge < -0.3 is 5.11 Å². The molecule has 6 atom stereocenters. The topological polar surface area (TPSA) is 95.0 Å². The van der Waals surface area contributed by atoms with E-state index in [4.69, 9.17) is 0 Å². The van der Waals surface area contributed by atoms with Crippen molar-refractivity contribution in [2.45, 2.75) is 32.1 Å². The average Bonchev–Trinajstić information content (AvgIpc) is 3.39. The summed E-state index contributed by atoms with van der Waals surface area (Å²) in [5, 5.41) is 11.6. The van der Waals surface area contributed by atoms with Gasteiger partial charge in [0.2, 0.25) is 23.6 Å². The summed E-state index contributed by atoms with van der Waals surface area (Å²) in [6.07, 6.45) is 4.75. The molecule has 1 saturated carbocycles. The van der Waals surface area contributed by atoms with Crippen molar-refractivity contribution in [1.29, 1.82) is 0 Å². The number of carbonyl (C=O) groups is 4. The molecule has 44 heavy (non-hydrogen) atoms. The highest BCUT2D eigenvalue weighted by Crippen LogP contribution is 2.64. The normalized spacial score (nSPS) is 29.3. The van der Waals surface area contributed by atoms with Crippen LogP contribution in [0.3, 0.4) is 0 Å². The Labute approximate surface area is 269 Å². The van der Waals surface area contributed by atoms with Crippen molar-refractivity contribution in [2.75, 3.05) is 9.80 Å². The maximum atomic E-state index is 14.5. The highest BCUT2D eigenvalue weighted by atomic mass is 127. The van der Waals surface area contributed by atoms with Gasteiger partial charge in [-0.05, 0) is 96.7 Å². The summed E-state index contributed by atoms with van der Waals surface area (Å²) >= 11 is 2.18. The van der Waals surface area contributed by atoms with Crippen LogP contribution in [0.15, 0.2) is 97.1 Å². The summed E-state index contributed by atoms with van der Waals surface area (Å²) in [6.45, 7) is 5.65. The third-order valence-electron chi connectivity index (χ3n) is 10.2. The maximum absolute atomic E-state index is 14.5. The Kier molecular flexibility index (Phi) is 6.88. The quantitative estimate of drug-likeness (QED) is 0.196. The van der Waals surface area contributed by atoms with Gasteiger partial charge in [0.15, 0.2) is 0 Å². The fraction of sp³-hybridized carbons (Fsp3) is 0.278. The number of fused-ring (bicyclic) bond motifs is 4. The fourth-order valence-electron chi connectivity index (χ4n) is 8.19. The maximum Gasteiger partial charge on any atom is 0.241 e. The molecule has 0 bridgehead atoms. The molecule has 2 aliphatic heterocycles. The first-order valence-electron chi connectivity index (χ1n) is 14.9. The Morgan fingerprint density at radius 3 is 2.30 bits per heavy atom. The Bertz CT molecular complexity index is 1770. The number of hydrogen-bond acceptors (Lipinski definition) is 5. The number of hydrogen-bond donors (Lipinski definition) is 1. The van der Waals surface area contributed by atoms with Crippen LogP contribution in [0.2, 0.25) is 0 Å². The van der Waals surface area contributed by atoms with Crippen LogP contribution in [0.25, 0.3) is 0 Å². The molecule has 3 fully saturated rings. The highest BCUT2D eigenvalue weighted by molar-refractivity contribution is 14.1. The number of aromatic hydroxyl groups is 1. The lowest BCUT2D eigenvalue weighted by atomic mass is 9.51. The molecule has 0 aromatic heterocycles. The van der Waals surface area contributed by atoms with Gasteiger partial charge >= 0.3 is 0 Å². The van der Waals surface area contributed by atoms with Crippen molar-refractivity contribution >= 4 is 57.6 Å². The van der Waals surface area contributed by atoms with Crippen LogP contribution >= 0.6 is 22.6 Å². The summed E-state index contributed by atoms with van der Waals surface area (Å²) in [4.78, 5) is 59.3. The largest absolute Gasteiger partial charge is 0.507 e. The van der Waals surface area contributed by atoms with Gasteiger partial charge in [0, 0.05) is 15.1 Å². The lowest BCUT2D eigenvalue weighted by Crippen LogP contribution is -2.49. The van der Waals surface area contributed by atoms with Crippen molar-refractivity contribution in [3.63, 3.8) is 0 Å². The zero-order valence-electron chi connectivity index (χ0n) is 24.2. The van der Waals surface area contributed by atoms with Crippen molar-refractivity contribution in [2.24, 2.45) is 29.1 Å². The minimum Gasteiger partial charge on any atom is -0.507 e. The molecule has 4 amide bonds. The Morgan fingerprint density at radius 2 is 1.59 bits per heavy atom. The van der Waals surface area contributed by atoms with Gasteiger partial charge in [-0.1, -0.05) is 54.1 Å². The second-order valence-corrected chi connectivity index (χ2v) is 13.6. The number of halogens is 1. The molecule has 8 heteroatoms. The van der Waals surface area contributed by atoms with E-state index in [-0.39, 0.29) is 35.8 Å². The number of rotatable bonds is 5. The number of phenols is 1. The Morgan fingerprint density at radius 1 is 0.886 bits per heavy atom. The first-order chi connectivity index (χ1) is 21.2. The molecule has 2 aliphatic carbocycles.